The van der Waals surface area contributed by atoms with Crippen LogP contribution in [0.2, 0.25) is 0 Å². The molecule has 1 N–H and O–H groups in total. The zero-order valence-corrected chi connectivity index (χ0v) is 15.2. The first-order valence-electron chi connectivity index (χ1n) is 8.40. The first kappa shape index (κ1) is 18.3. The first-order valence-corrected chi connectivity index (χ1v) is 9.84. The molecule has 138 valence electrons. The van der Waals surface area contributed by atoms with Crippen molar-refractivity contribution in [3.8, 4) is 0 Å². The number of carbonyl (C=O) groups is 2. The summed E-state index contributed by atoms with van der Waals surface area (Å²) in [6, 6.07) is 9.12. The fourth-order valence-corrected chi connectivity index (χ4v) is 4.25. The molecule has 3 rings (SSSR count). The van der Waals surface area contributed by atoms with Crippen molar-refractivity contribution in [3.05, 3.63) is 47.7 Å². The van der Waals surface area contributed by atoms with Gasteiger partial charge in [-0.05, 0) is 44.0 Å². The average Bonchev–Trinajstić information content (AvgIpc) is 3.14. The summed E-state index contributed by atoms with van der Waals surface area (Å²) in [6.07, 6.45) is 2.65. The number of carbonyl (C=O) groups excluding carboxylic acids is 2. The van der Waals surface area contributed by atoms with E-state index in [9.17, 15) is 18.0 Å². The normalized spacial score (nSPS) is 15.6. The molecule has 1 aromatic heterocycles. The zero-order chi connectivity index (χ0) is 18.7. The van der Waals surface area contributed by atoms with Crippen LogP contribution in [0.1, 0.15) is 47.1 Å². The fourth-order valence-electron chi connectivity index (χ4n) is 2.82. The zero-order valence-electron chi connectivity index (χ0n) is 14.4. The number of piperidine rings is 1. The Balaban J connectivity index is 1.76. The number of anilines is 1. The molecule has 1 fully saturated rings. The van der Waals surface area contributed by atoms with Crippen LogP contribution >= 0.6 is 0 Å². The van der Waals surface area contributed by atoms with E-state index in [1.165, 1.54) is 23.4 Å². The maximum Gasteiger partial charge on any atom is 0.291 e. The summed E-state index contributed by atoms with van der Waals surface area (Å²) in [7, 11) is -3.72. The summed E-state index contributed by atoms with van der Waals surface area (Å²) in [5, 5.41) is 2.37. The van der Waals surface area contributed by atoms with Gasteiger partial charge in [0.05, 0.1) is 0 Å². The number of hydrogen-bond acceptors (Lipinski definition) is 5. The molecule has 2 heterocycles. The van der Waals surface area contributed by atoms with Gasteiger partial charge in [0.25, 0.3) is 15.9 Å². The Morgan fingerprint density at radius 3 is 2.50 bits per heavy atom. The van der Waals surface area contributed by atoms with Crippen LogP contribution < -0.4 is 5.32 Å². The molecule has 2 aromatic rings. The summed E-state index contributed by atoms with van der Waals surface area (Å²) in [5.74, 6) is -0.798. The van der Waals surface area contributed by atoms with Crippen molar-refractivity contribution in [3.63, 3.8) is 0 Å². The topological polar surface area (TPSA) is 96.7 Å². The third-order valence-corrected chi connectivity index (χ3v) is 6.01. The molecule has 1 aliphatic rings. The van der Waals surface area contributed by atoms with Crippen LogP contribution in [0, 0.1) is 0 Å². The lowest BCUT2D eigenvalue weighted by atomic mass is 10.1. The Bertz CT molecular complexity index is 927. The highest BCUT2D eigenvalue weighted by Gasteiger charge is 2.29. The van der Waals surface area contributed by atoms with E-state index in [1.54, 1.807) is 24.3 Å². The highest BCUT2D eigenvalue weighted by atomic mass is 32.2. The number of nitrogens with one attached hydrogen (secondary N) is 1. The minimum absolute atomic E-state index is 0.103. The summed E-state index contributed by atoms with van der Waals surface area (Å²) < 4.78 is 31.8. The van der Waals surface area contributed by atoms with Gasteiger partial charge in [0.1, 0.15) is 0 Å². The van der Waals surface area contributed by atoms with Crippen LogP contribution in [0.5, 0.6) is 0 Å². The van der Waals surface area contributed by atoms with Crippen molar-refractivity contribution in [2.24, 2.45) is 0 Å². The summed E-state index contributed by atoms with van der Waals surface area (Å²) in [4.78, 5) is 23.7. The molecule has 0 atom stereocenters. The highest BCUT2D eigenvalue weighted by Crippen LogP contribution is 2.23. The van der Waals surface area contributed by atoms with Crippen molar-refractivity contribution < 1.29 is 22.4 Å². The molecule has 7 nitrogen and oxygen atoms in total. The first-order chi connectivity index (χ1) is 12.4. The molecule has 1 aromatic carbocycles. The number of sulfonamides is 1. The van der Waals surface area contributed by atoms with Crippen LogP contribution in [-0.4, -0.2) is 37.5 Å². The molecular weight excluding hydrogens is 356 g/mol. The van der Waals surface area contributed by atoms with Crippen molar-refractivity contribution in [2.75, 3.05) is 18.4 Å². The Morgan fingerprint density at radius 2 is 1.81 bits per heavy atom. The van der Waals surface area contributed by atoms with E-state index >= 15 is 0 Å². The molecule has 8 heteroatoms. The summed E-state index contributed by atoms with van der Waals surface area (Å²) >= 11 is 0. The quantitative estimate of drug-likeness (QED) is 0.809. The minimum Gasteiger partial charge on any atom is -0.438 e. The van der Waals surface area contributed by atoms with Gasteiger partial charge in [-0.2, -0.15) is 4.31 Å². The molecule has 26 heavy (non-hydrogen) atoms. The van der Waals surface area contributed by atoms with Gasteiger partial charge in [-0.1, -0.05) is 18.6 Å². The molecule has 0 unspecified atom stereocenters. The predicted molar refractivity (Wildman–Crippen MR) is 95.7 cm³/mol. The average molecular weight is 376 g/mol. The van der Waals surface area contributed by atoms with Gasteiger partial charge in [-0.3, -0.25) is 9.59 Å². The SMILES string of the molecule is CC(=O)c1cccc(NC(=O)c2ccc(S(=O)(=O)N3CCCCC3)o2)c1. The van der Waals surface area contributed by atoms with Crippen LogP contribution in [0.15, 0.2) is 45.9 Å². The van der Waals surface area contributed by atoms with E-state index in [-0.39, 0.29) is 16.6 Å². The van der Waals surface area contributed by atoms with Gasteiger partial charge in [-0.25, -0.2) is 8.42 Å². The standard InChI is InChI=1S/C18H20N2O5S/c1-13(21)14-6-5-7-15(12-14)19-18(22)16-8-9-17(25-16)26(23,24)20-10-3-2-4-11-20/h5-9,12H,2-4,10-11H2,1H3,(H,19,22). The van der Waals surface area contributed by atoms with E-state index in [0.717, 1.165) is 19.3 Å². The molecule has 1 saturated heterocycles. The number of ketones is 1. The molecule has 0 aliphatic carbocycles. The van der Waals surface area contributed by atoms with Crippen LogP contribution in [-0.2, 0) is 10.0 Å². The molecule has 0 bridgehead atoms. The molecule has 0 radical (unpaired) electrons. The second kappa shape index (κ2) is 7.43. The number of furan rings is 1. The van der Waals surface area contributed by atoms with Gasteiger partial charge >= 0.3 is 0 Å². The number of hydrogen-bond donors (Lipinski definition) is 1. The lowest BCUT2D eigenvalue weighted by Gasteiger charge is -2.24. The van der Waals surface area contributed by atoms with Crippen molar-refractivity contribution in [1.29, 1.82) is 0 Å². The summed E-state index contributed by atoms with van der Waals surface area (Å²) in [6.45, 7) is 2.36. The highest BCUT2D eigenvalue weighted by molar-refractivity contribution is 7.89. The van der Waals surface area contributed by atoms with Gasteiger partial charge in [0.15, 0.2) is 11.5 Å². The third-order valence-electron chi connectivity index (χ3n) is 4.24. The number of benzene rings is 1. The molecular formula is C18H20N2O5S. The van der Waals surface area contributed by atoms with E-state index < -0.39 is 15.9 Å². The largest absolute Gasteiger partial charge is 0.438 e. The van der Waals surface area contributed by atoms with Crippen LogP contribution in [0.25, 0.3) is 0 Å². The molecule has 1 aliphatic heterocycles. The van der Waals surface area contributed by atoms with Gasteiger partial charge < -0.3 is 9.73 Å². The Hall–Kier alpha value is -2.45. The number of rotatable bonds is 5. The van der Waals surface area contributed by atoms with E-state index in [2.05, 4.69) is 5.32 Å². The molecule has 0 saturated carbocycles. The predicted octanol–water partition coefficient (Wildman–Crippen LogP) is 2.91. The van der Waals surface area contributed by atoms with Gasteiger partial charge in [-0.15, -0.1) is 0 Å². The second-order valence-electron chi connectivity index (χ2n) is 6.17. The number of Topliss-reactive ketones (excluding diaryl/α,β-unsaturated/α-hetero) is 1. The Labute approximate surface area is 152 Å². The van der Waals surface area contributed by atoms with Gasteiger partial charge in [0, 0.05) is 24.3 Å². The third kappa shape index (κ3) is 3.86. The minimum atomic E-state index is -3.72. The van der Waals surface area contributed by atoms with Crippen LogP contribution in [0.4, 0.5) is 5.69 Å². The maximum atomic E-state index is 12.6. The van der Waals surface area contributed by atoms with Crippen molar-refractivity contribution in [1.82, 2.24) is 4.31 Å². The van der Waals surface area contributed by atoms with Gasteiger partial charge in [0.2, 0.25) is 5.09 Å². The van der Waals surface area contributed by atoms with Crippen LogP contribution in [0.3, 0.4) is 0 Å². The number of nitrogens with zero attached hydrogens (tertiary/aromatic N) is 1. The van der Waals surface area contributed by atoms with E-state index in [1.807, 2.05) is 0 Å². The summed E-state index contributed by atoms with van der Waals surface area (Å²) in [5.41, 5.74) is 0.898. The lowest BCUT2D eigenvalue weighted by molar-refractivity contribution is 0.0987. The molecule has 1 amide bonds. The maximum absolute atomic E-state index is 12.6. The number of amides is 1. The molecule has 0 spiro atoms. The Morgan fingerprint density at radius 1 is 1.08 bits per heavy atom. The lowest BCUT2D eigenvalue weighted by Crippen LogP contribution is -2.35. The monoisotopic (exact) mass is 376 g/mol. The van der Waals surface area contributed by atoms with E-state index in [4.69, 9.17) is 4.42 Å². The fraction of sp³-hybridized carbons (Fsp3) is 0.333. The van der Waals surface area contributed by atoms with Crippen molar-refractivity contribution in [2.45, 2.75) is 31.3 Å². The Kier molecular flexibility index (Phi) is 5.24. The second-order valence-corrected chi connectivity index (χ2v) is 8.04. The smallest absolute Gasteiger partial charge is 0.291 e. The van der Waals surface area contributed by atoms with Crippen molar-refractivity contribution >= 4 is 27.4 Å². The van der Waals surface area contributed by atoms with E-state index in [0.29, 0.717) is 24.3 Å².